The Labute approximate surface area is 105 Å². The van der Waals surface area contributed by atoms with Crippen LogP contribution in [0.5, 0.6) is 0 Å². The lowest BCUT2D eigenvalue weighted by Gasteiger charge is -2.24. The molecule has 6 heteroatoms. The molecule has 1 atom stereocenters. The number of rotatable bonds is 1. The average molecular weight is 270 g/mol. The van der Waals surface area contributed by atoms with Crippen molar-refractivity contribution in [2.75, 3.05) is 19.8 Å². The van der Waals surface area contributed by atoms with Gasteiger partial charge in [0.05, 0.1) is 19.3 Å². The summed E-state index contributed by atoms with van der Waals surface area (Å²) in [6.45, 7) is 2.21. The molecule has 0 spiro atoms. The second kappa shape index (κ2) is 5.87. The number of ether oxygens (including phenoxy) is 1. The summed E-state index contributed by atoms with van der Waals surface area (Å²) in [5.74, 6) is 0. The predicted octanol–water partition coefficient (Wildman–Crippen LogP) is 2.47. The molecule has 84 valence electrons. The van der Waals surface area contributed by atoms with Gasteiger partial charge in [0.25, 0.3) is 0 Å². The molecule has 1 aromatic rings. The van der Waals surface area contributed by atoms with E-state index in [9.17, 15) is 0 Å². The summed E-state index contributed by atoms with van der Waals surface area (Å²) in [6, 6.07) is 3.74. The lowest BCUT2D eigenvalue weighted by Crippen LogP contribution is -2.34. The molecular formula is C9H11Cl3N2O. The molecule has 0 aliphatic carbocycles. The lowest BCUT2D eigenvalue weighted by atomic mass is 10.1. The summed E-state index contributed by atoms with van der Waals surface area (Å²) in [7, 11) is 0. The van der Waals surface area contributed by atoms with Crippen LogP contribution in [0.3, 0.4) is 0 Å². The number of morpholine rings is 1. The zero-order valence-corrected chi connectivity index (χ0v) is 10.2. The molecule has 0 saturated carbocycles. The van der Waals surface area contributed by atoms with E-state index in [2.05, 4.69) is 10.3 Å². The highest BCUT2D eigenvalue weighted by atomic mass is 35.5. The minimum absolute atomic E-state index is 0. The number of pyridine rings is 1. The molecule has 1 aromatic heterocycles. The zero-order chi connectivity index (χ0) is 9.97. The first-order chi connectivity index (χ1) is 6.77. The number of hydrogen-bond acceptors (Lipinski definition) is 3. The maximum absolute atomic E-state index is 5.97. The SMILES string of the molecule is Cl.Clc1ccc([C@@H]2COCCN2)c(Cl)n1. The highest BCUT2D eigenvalue weighted by molar-refractivity contribution is 6.32. The Morgan fingerprint density at radius 2 is 2.20 bits per heavy atom. The molecule has 1 aliphatic rings. The Morgan fingerprint density at radius 3 is 2.80 bits per heavy atom. The van der Waals surface area contributed by atoms with Crippen LogP contribution in [0.15, 0.2) is 12.1 Å². The van der Waals surface area contributed by atoms with Crippen molar-refractivity contribution in [2.24, 2.45) is 0 Å². The summed E-state index contributed by atoms with van der Waals surface area (Å²) in [5.41, 5.74) is 0.941. The summed E-state index contributed by atoms with van der Waals surface area (Å²) in [5, 5.41) is 4.16. The molecule has 1 aliphatic heterocycles. The van der Waals surface area contributed by atoms with Crippen LogP contribution >= 0.6 is 35.6 Å². The van der Waals surface area contributed by atoms with Crippen LogP contribution in [-0.4, -0.2) is 24.7 Å². The monoisotopic (exact) mass is 268 g/mol. The molecule has 1 fully saturated rings. The quantitative estimate of drug-likeness (QED) is 0.795. The van der Waals surface area contributed by atoms with E-state index in [1.165, 1.54) is 0 Å². The van der Waals surface area contributed by atoms with Crippen molar-refractivity contribution in [3.8, 4) is 0 Å². The number of nitrogens with one attached hydrogen (secondary N) is 1. The van der Waals surface area contributed by atoms with Crippen LogP contribution < -0.4 is 5.32 Å². The Bertz CT molecular complexity index is 329. The first-order valence-corrected chi connectivity index (χ1v) is 5.16. The van der Waals surface area contributed by atoms with Gasteiger partial charge in [0, 0.05) is 12.1 Å². The Kier molecular flexibility index (Phi) is 5.09. The van der Waals surface area contributed by atoms with Gasteiger partial charge >= 0.3 is 0 Å². The predicted molar refractivity (Wildman–Crippen MR) is 63.1 cm³/mol. The maximum atomic E-state index is 5.97. The van der Waals surface area contributed by atoms with E-state index in [0.29, 0.717) is 16.9 Å². The highest BCUT2D eigenvalue weighted by Crippen LogP contribution is 2.24. The molecule has 0 bridgehead atoms. The van der Waals surface area contributed by atoms with Crippen molar-refractivity contribution in [3.63, 3.8) is 0 Å². The summed E-state index contributed by atoms with van der Waals surface area (Å²) in [6.07, 6.45) is 0. The third-order valence-electron chi connectivity index (χ3n) is 2.14. The average Bonchev–Trinajstić information content (AvgIpc) is 2.19. The summed E-state index contributed by atoms with van der Waals surface area (Å²) in [4.78, 5) is 3.98. The minimum Gasteiger partial charge on any atom is -0.378 e. The molecule has 3 nitrogen and oxygen atoms in total. The van der Waals surface area contributed by atoms with Crippen LogP contribution in [0.25, 0.3) is 0 Å². The fourth-order valence-corrected chi connectivity index (χ4v) is 1.92. The van der Waals surface area contributed by atoms with E-state index in [-0.39, 0.29) is 18.4 Å². The van der Waals surface area contributed by atoms with Gasteiger partial charge in [-0.3, -0.25) is 0 Å². The van der Waals surface area contributed by atoms with Crippen molar-refractivity contribution in [3.05, 3.63) is 28.0 Å². The normalized spacial score (nSPS) is 20.8. The van der Waals surface area contributed by atoms with Gasteiger partial charge < -0.3 is 10.1 Å². The van der Waals surface area contributed by atoms with E-state index in [1.807, 2.05) is 6.07 Å². The molecule has 2 heterocycles. The third-order valence-corrected chi connectivity index (χ3v) is 2.65. The van der Waals surface area contributed by atoms with Crippen LogP contribution in [-0.2, 0) is 4.74 Å². The van der Waals surface area contributed by atoms with E-state index >= 15 is 0 Å². The first-order valence-electron chi connectivity index (χ1n) is 4.40. The number of nitrogens with zero attached hydrogens (tertiary/aromatic N) is 1. The molecule has 1 saturated heterocycles. The van der Waals surface area contributed by atoms with Crippen LogP contribution in [0.1, 0.15) is 11.6 Å². The summed E-state index contributed by atoms with van der Waals surface area (Å²) < 4.78 is 5.34. The van der Waals surface area contributed by atoms with Gasteiger partial charge in [-0.15, -0.1) is 12.4 Å². The maximum Gasteiger partial charge on any atom is 0.135 e. The first kappa shape index (κ1) is 13.0. The van der Waals surface area contributed by atoms with Crippen LogP contribution in [0.4, 0.5) is 0 Å². The largest absolute Gasteiger partial charge is 0.378 e. The van der Waals surface area contributed by atoms with Crippen molar-refractivity contribution < 1.29 is 4.74 Å². The van der Waals surface area contributed by atoms with Crippen molar-refractivity contribution >= 4 is 35.6 Å². The van der Waals surface area contributed by atoms with Crippen molar-refractivity contribution in [2.45, 2.75) is 6.04 Å². The minimum atomic E-state index is 0. The molecule has 0 aromatic carbocycles. The van der Waals surface area contributed by atoms with Gasteiger partial charge in [0.15, 0.2) is 0 Å². The Hall–Kier alpha value is -0.0600. The zero-order valence-electron chi connectivity index (χ0n) is 7.87. The van der Waals surface area contributed by atoms with E-state index in [0.717, 1.165) is 18.7 Å². The van der Waals surface area contributed by atoms with Crippen molar-refractivity contribution in [1.82, 2.24) is 10.3 Å². The van der Waals surface area contributed by atoms with Crippen LogP contribution in [0.2, 0.25) is 10.3 Å². The molecule has 0 unspecified atom stereocenters. The van der Waals surface area contributed by atoms with Gasteiger partial charge in [-0.05, 0) is 6.07 Å². The van der Waals surface area contributed by atoms with Gasteiger partial charge in [-0.2, -0.15) is 0 Å². The molecular weight excluding hydrogens is 258 g/mol. The van der Waals surface area contributed by atoms with E-state index in [1.54, 1.807) is 6.07 Å². The number of halogens is 3. The smallest absolute Gasteiger partial charge is 0.135 e. The second-order valence-electron chi connectivity index (χ2n) is 3.10. The standard InChI is InChI=1S/C9H10Cl2N2O.ClH/c10-8-2-1-6(9(11)13-8)7-5-14-4-3-12-7;/h1-2,7,12H,3-5H2;1H/t7-;/m0./s1. The van der Waals surface area contributed by atoms with E-state index < -0.39 is 0 Å². The van der Waals surface area contributed by atoms with Gasteiger partial charge in [-0.1, -0.05) is 29.3 Å². The molecule has 15 heavy (non-hydrogen) atoms. The highest BCUT2D eigenvalue weighted by Gasteiger charge is 2.18. The molecule has 0 amide bonds. The second-order valence-corrected chi connectivity index (χ2v) is 3.84. The Balaban J connectivity index is 0.00000112. The Morgan fingerprint density at radius 1 is 1.40 bits per heavy atom. The van der Waals surface area contributed by atoms with E-state index in [4.69, 9.17) is 27.9 Å². The fourth-order valence-electron chi connectivity index (χ4n) is 1.45. The molecule has 0 radical (unpaired) electrons. The fraction of sp³-hybridized carbons (Fsp3) is 0.444. The lowest BCUT2D eigenvalue weighted by molar-refractivity contribution is 0.0768. The van der Waals surface area contributed by atoms with Gasteiger partial charge in [0.1, 0.15) is 10.3 Å². The van der Waals surface area contributed by atoms with Gasteiger partial charge in [0.2, 0.25) is 0 Å². The molecule has 1 N–H and O–H groups in total. The number of hydrogen-bond donors (Lipinski definition) is 1. The number of aromatic nitrogens is 1. The van der Waals surface area contributed by atoms with Crippen LogP contribution in [0, 0.1) is 0 Å². The van der Waals surface area contributed by atoms with Gasteiger partial charge in [-0.25, -0.2) is 4.98 Å². The van der Waals surface area contributed by atoms with Crippen molar-refractivity contribution in [1.29, 1.82) is 0 Å². The third kappa shape index (κ3) is 3.20. The summed E-state index contributed by atoms with van der Waals surface area (Å²) >= 11 is 11.7. The topological polar surface area (TPSA) is 34.1 Å². The molecule has 2 rings (SSSR count).